The van der Waals surface area contributed by atoms with Gasteiger partial charge in [-0.1, -0.05) is 16.8 Å². The summed E-state index contributed by atoms with van der Waals surface area (Å²) in [5.41, 5.74) is 3.01. The highest BCUT2D eigenvalue weighted by molar-refractivity contribution is 6.30. The van der Waals surface area contributed by atoms with Gasteiger partial charge in [-0.2, -0.15) is 5.11 Å². The highest BCUT2D eigenvalue weighted by atomic mass is 35.5. The molecule has 124 valence electrons. The van der Waals surface area contributed by atoms with Crippen LogP contribution in [0.1, 0.15) is 41.6 Å². The van der Waals surface area contributed by atoms with Crippen LogP contribution in [0, 0.1) is 0 Å². The quantitative estimate of drug-likeness (QED) is 0.783. The van der Waals surface area contributed by atoms with Gasteiger partial charge in [0.25, 0.3) is 0 Å². The van der Waals surface area contributed by atoms with Gasteiger partial charge in [0, 0.05) is 10.6 Å². The first-order chi connectivity index (χ1) is 11.6. The van der Waals surface area contributed by atoms with Crippen molar-refractivity contribution < 1.29 is 9.53 Å². The zero-order valence-electron chi connectivity index (χ0n) is 13.3. The van der Waals surface area contributed by atoms with Crippen LogP contribution in [-0.4, -0.2) is 33.2 Å². The molecule has 0 bridgehead atoms. The standard InChI is InChI=1S/C16H16ClN5O2/c1-3-24-16(23)14-13-7-22-15(9(2)19-20-22)11-6-10(17)4-5-12(11)21(13)8-18-14/h4-6,8-9,15H,3,7H2,1-2H3. The third-order valence-electron chi connectivity index (χ3n) is 4.34. The maximum Gasteiger partial charge on any atom is 0.358 e. The van der Waals surface area contributed by atoms with E-state index in [9.17, 15) is 4.79 Å². The number of rotatable bonds is 2. The van der Waals surface area contributed by atoms with Gasteiger partial charge in [-0.05, 0) is 32.0 Å². The first kappa shape index (κ1) is 15.1. The number of carbonyl (C=O) groups is 1. The van der Waals surface area contributed by atoms with Crippen LogP contribution in [-0.2, 0) is 11.3 Å². The van der Waals surface area contributed by atoms with Gasteiger partial charge in [-0.25, -0.2) is 9.78 Å². The zero-order chi connectivity index (χ0) is 16.8. The molecule has 0 amide bonds. The Kier molecular flexibility index (Phi) is 3.53. The minimum absolute atomic E-state index is 0.00539. The highest BCUT2D eigenvalue weighted by Gasteiger charge is 2.38. The van der Waals surface area contributed by atoms with Crippen LogP contribution in [0.3, 0.4) is 0 Å². The number of carbonyl (C=O) groups excluding carboxylic acids is 1. The minimum Gasteiger partial charge on any atom is -0.461 e. The monoisotopic (exact) mass is 345 g/mol. The van der Waals surface area contributed by atoms with Crippen LogP contribution in [0.15, 0.2) is 34.9 Å². The molecule has 0 aliphatic carbocycles. The van der Waals surface area contributed by atoms with Gasteiger partial charge in [-0.15, -0.1) is 0 Å². The van der Waals surface area contributed by atoms with E-state index < -0.39 is 5.97 Å². The number of halogens is 1. The van der Waals surface area contributed by atoms with Gasteiger partial charge >= 0.3 is 5.97 Å². The lowest BCUT2D eigenvalue weighted by atomic mass is 9.99. The summed E-state index contributed by atoms with van der Waals surface area (Å²) in [6.07, 6.45) is 1.65. The van der Waals surface area contributed by atoms with E-state index in [1.165, 1.54) is 0 Å². The van der Waals surface area contributed by atoms with Crippen LogP contribution >= 0.6 is 11.6 Å². The molecule has 1 aromatic carbocycles. The molecule has 1 aromatic heterocycles. The molecule has 3 heterocycles. The molecule has 7 nitrogen and oxygen atoms in total. The highest BCUT2D eigenvalue weighted by Crippen LogP contribution is 2.41. The molecular weight excluding hydrogens is 330 g/mol. The fourth-order valence-corrected chi connectivity index (χ4v) is 3.48. The number of aromatic nitrogens is 2. The molecule has 2 aromatic rings. The lowest BCUT2D eigenvalue weighted by Crippen LogP contribution is -2.24. The predicted molar refractivity (Wildman–Crippen MR) is 87.1 cm³/mol. The second-order valence-corrected chi connectivity index (χ2v) is 6.26. The zero-order valence-corrected chi connectivity index (χ0v) is 14.1. The predicted octanol–water partition coefficient (Wildman–Crippen LogP) is 3.33. The Morgan fingerprint density at radius 2 is 2.29 bits per heavy atom. The maximum atomic E-state index is 12.2. The van der Waals surface area contributed by atoms with Crippen molar-refractivity contribution in [3.05, 3.63) is 46.5 Å². The topological polar surface area (TPSA) is 72.1 Å². The largest absolute Gasteiger partial charge is 0.461 e. The summed E-state index contributed by atoms with van der Waals surface area (Å²) >= 11 is 6.21. The maximum absolute atomic E-state index is 12.2. The molecule has 0 N–H and O–H groups in total. The molecule has 0 fully saturated rings. The number of hydrogen-bond donors (Lipinski definition) is 0. The van der Waals surface area contributed by atoms with E-state index in [1.54, 1.807) is 13.3 Å². The second-order valence-electron chi connectivity index (χ2n) is 5.82. The Hall–Kier alpha value is -2.41. The van der Waals surface area contributed by atoms with Gasteiger partial charge in [-0.3, -0.25) is 5.01 Å². The Bertz CT molecular complexity index is 847. The van der Waals surface area contributed by atoms with E-state index in [4.69, 9.17) is 16.3 Å². The van der Waals surface area contributed by atoms with Crippen molar-refractivity contribution in [3.63, 3.8) is 0 Å². The van der Waals surface area contributed by atoms with Crippen molar-refractivity contribution in [2.75, 3.05) is 6.61 Å². The number of esters is 1. The van der Waals surface area contributed by atoms with Gasteiger partial charge in [0.2, 0.25) is 0 Å². The van der Waals surface area contributed by atoms with E-state index in [0.29, 0.717) is 23.9 Å². The third-order valence-corrected chi connectivity index (χ3v) is 4.58. The molecular formula is C16H16ClN5O2. The summed E-state index contributed by atoms with van der Waals surface area (Å²) in [5, 5.41) is 11.1. The molecule has 2 aliphatic heterocycles. The Morgan fingerprint density at radius 1 is 1.46 bits per heavy atom. The van der Waals surface area contributed by atoms with Gasteiger partial charge in [0.1, 0.15) is 12.4 Å². The summed E-state index contributed by atoms with van der Waals surface area (Å²) in [6.45, 7) is 4.53. The van der Waals surface area contributed by atoms with E-state index in [2.05, 4.69) is 15.3 Å². The molecule has 8 heteroatoms. The first-order valence-corrected chi connectivity index (χ1v) is 8.18. The van der Waals surface area contributed by atoms with E-state index in [1.807, 2.05) is 34.7 Å². The van der Waals surface area contributed by atoms with Crippen molar-refractivity contribution in [1.82, 2.24) is 14.6 Å². The fraction of sp³-hybridized carbons (Fsp3) is 0.375. The number of hydrogen-bond acceptors (Lipinski definition) is 6. The molecule has 2 atom stereocenters. The lowest BCUT2D eigenvalue weighted by Gasteiger charge is -2.23. The average molecular weight is 346 g/mol. The van der Waals surface area contributed by atoms with Crippen LogP contribution in [0.4, 0.5) is 0 Å². The molecule has 0 saturated carbocycles. The van der Waals surface area contributed by atoms with Crippen LogP contribution in [0.5, 0.6) is 0 Å². The molecule has 0 radical (unpaired) electrons. The molecule has 0 saturated heterocycles. The van der Waals surface area contributed by atoms with E-state index in [0.717, 1.165) is 16.9 Å². The summed E-state index contributed by atoms with van der Waals surface area (Å²) in [5.74, 6) is -0.426. The molecule has 4 rings (SSSR count). The summed E-state index contributed by atoms with van der Waals surface area (Å²) in [7, 11) is 0. The molecule has 2 aliphatic rings. The van der Waals surface area contributed by atoms with Gasteiger partial charge in [0.15, 0.2) is 5.69 Å². The van der Waals surface area contributed by atoms with Crippen LogP contribution < -0.4 is 0 Å². The summed E-state index contributed by atoms with van der Waals surface area (Å²) in [6, 6.07) is 5.68. The van der Waals surface area contributed by atoms with Crippen molar-refractivity contribution in [2.24, 2.45) is 10.3 Å². The molecule has 2 unspecified atom stereocenters. The molecule has 0 spiro atoms. The van der Waals surface area contributed by atoms with Gasteiger partial charge < -0.3 is 9.30 Å². The summed E-state index contributed by atoms with van der Waals surface area (Å²) < 4.78 is 7.04. The minimum atomic E-state index is -0.426. The third kappa shape index (κ3) is 2.19. The van der Waals surface area contributed by atoms with Crippen molar-refractivity contribution in [3.8, 4) is 5.69 Å². The van der Waals surface area contributed by atoms with Gasteiger partial charge in [0.05, 0.1) is 30.6 Å². The van der Waals surface area contributed by atoms with Crippen LogP contribution in [0.25, 0.3) is 5.69 Å². The summed E-state index contributed by atoms with van der Waals surface area (Å²) in [4.78, 5) is 16.5. The number of imidazole rings is 1. The number of ether oxygens (including phenoxy) is 1. The number of nitrogens with zero attached hydrogens (tertiary/aromatic N) is 5. The lowest BCUT2D eigenvalue weighted by molar-refractivity contribution is 0.0517. The van der Waals surface area contributed by atoms with Crippen LogP contribution in [0.2, 0.25) is 5.02 Å². The van der Waals surface area contributed by atoms with Crippen molar-refractivity contribution in [2.45, 2.75) is 32.5 Å². The number of benzene rings is 1. The second kappa shape index (κ2) is 5.59. The first-order valence-electron chi connectivity index (χ1n) is 7.80. The van der Waals surface area contributed by atoms with E-state index in [-0.39, 0.29) is 12.1 Å². The fourth-order valence-electron chi connectivity index (χ4n) is 3.30. The normalized spacial score (nSPS) is 21.0. The Labute approximate surface area is 143 Å². The SMILES string of the molecule is CCOC(=O)c1ncn2c1CN1N=NC(C)C1c1cc(Cl)ccc1-2. The van der Waals surface area contributed by atoms with Crippen molar-refractivity contribution in [1.29, 1.82) is 0 Å². The molecule has 24 heavy (non-hydrogen) atoms. The Morgan fingerprint density at radius 3 is 3.08 bits per heavy atom. The van der Waals surface area contributed by atoms with Crippen molar-refractivity contribution >= 4 is 17.6 Å². The number of fused-ring (bicyclic) bond motifs is 5. The average Bonchev–Trinajstić information content (AvgIpc) is 3.09. The Balaban J connectivity index is 1.91. The smallest absolute Gasteiger partial charge is 0.358 e. The van der Waals surface area contributed by atoms with E-state index >= 15 is 0 Å².